The lowest BCUT2D eigenvalue weighted by Crippen LogP contribution is -2.51. The van der Waals surface area contributed by atoms with E-state index in [9.17, 15) is 29.6 Å². The van der Waals surface area contributed by atoms with Gasteiger partial charge in [0.05, 0.1) is 10.6 Å². The van der Waals surface area contributed by atoms with E-state index in [-0.39, 0.29) is 53.6 Å². The van der Waals surface area contributed by atoms with Crippen LogP contribution in [0.2, 0.25) is 0 Å². The number of hydrogen-bond donors (Lipinski definition) is 4. The molecule has 1 aromatic heterocycles. The number of phenols is 1. The van der Waals surface area contributed by atoms with Crippen LogP contribution in [0.15, 0.2) is 54.6 Å². The zero-order chi connectivity index (χ0) is 32.9. The number of nitro groups is 1. The Morgan fingerprint density at radius 1 is 1.11 bits per heavy atom. The smallest absolute Gasteiger partial charge is 0.269 e. The van der Waals surface area contributed by atoms with Gasteiger partial charge in [-0.05, 0) is 55.6 Å². The monoisotopic (exact) mass is 620 g/mol. The number of para-hydroxylation sites is 1. The van der Waals surface area contributed by atoms with Crippen molar-refractivity contribution >= 4 is 23.3 Å². The molecule has 2 aromatic carbocycles. The molecule has 0 spiro atoms. The number of non-ortho nitro benzene ring substituents is 1. The molecule has 1 aliphatic rings. The van der Waals surface area contributed by atoms with Crippen LogP contribution >= 0.6 is 0 Å². The molecule has 3 aromatic rings. The molecule has 0 aliphatic carbocycles. The summed E-state index contributed by atoms with van der Waals surface area (Å²) in [7, 11) is 0. The highest BCUT2D eigenvalue weighted by molar-refractivity contribution is 5.95. The molecule has 2 amide bonds. The SMILES string of the molecule is CC.CCC(C)CC(=O)C(CNC(=O)c1cc(-c2ccccc2O)n[nH]1)NC(=O)C1CCN(Cc2ccc([N+](=O)[O-])cc2)CC1. The Kier molecular flexibility index (Phi) is 13.2. The van der Waals surface area contributed by atoms with E-state index in [1.54, 1.807) is 30.3 Å². The van der Waals surface area contributed by atoms with Gasteiger partial charge in [-0.2, -0.15) is 5.10 Å². The molecule has 1 fully saturated rings. The van der Waals surface area contributed by atoms with E-state index in [0.29, 0.717) is 43.7 Å². The number of likely N-dealkylation sites (tertiary alicyclic amines) is 1. The van der Waals surface area contributed by atoms with Crippen molar-refractivity contribution in [2.45, 2.75) is 66.0 Å². The molecule has 242 valence electrons. The maximum atomic E-state index is 13.2. The fourth-order valence-corrected chi connectivity index (χ4v) is 5.06. The minimum Gasteiger partial charge on any atom is -0.507 e. The maximum absolute atomic E-state index is 13.2. The molecule has 0 saturated carbocycles. The number of rotatable bonds is 13. The minimum absolute atomic E-state index is 0.0385. The Hall–Kier alpha value is -4.58. The third-order valence-corrected chi connectivity index (χ3v) is 7.93. The number of piperidine rings is 1. The molecule has 45 heavy (non-hydrogen) atoms. The van der Waals surface area contributed by atoms with Crippen molar-refractivity contribution in [3.8, 4) is 17.0 Å². The van der Waals surface area contributed by atoms with E-state index in [0.717, 1.165) is 12.0 Å². The summed E-state index contributed by atoms with van der Waals surface area (Å²) in [5, 5.41) is 33.4. The summed E-state index contributed by atoms with van der Waals surface area (Å²) in [6.45, 7) is 9.89. The summed E-state index contributed by atoms with van der Waals surface area (Å²) in [5.74, 6) is -0.926. The lowest BCUT2D eigenvalue weighted by atomic mass is 9.94. The van der Waals surface area contributed by atoms with Gasteiger partial charge in [-0.1, -0.05) is 58.4 Å². The molecule has 2 unspecified atom stereocenters. The molecule has 0 bridgehead atoms. The second-order valence-corrected chi connectivity index (χ2v) is 11.1. The van der Waals surface area contributed by atoms with Gasteiger partial charge < -0.3 is 15.7 Å². The number of hydrogen-bond acceptors (Lipinski definition) is 8. The molecule has 2 atom stereocenters. The molecular formula is C33H44N6O6. The summed E-state index contributed by atoms with van der Waals surface area (Å²) in [6, 6.07) is 13.8. The van der Waals surface area contributed by atoms with Crippen molar-refractivity contribution in [2.24, 2.45) is 11.8 Å². The number of nitrogens with zero attached hydrogens (tertiary/aromatic N) is 3. The normalized spacial score (nSPS) is 14.8. The van der Waals surface area contributed by atoms with Crippen LogP contribution in [0.1, 0.15) is 69.4 Å². The molecule has 2 heterocycles. The zero-order valence-electron chi connectivity index (χ0n) is 26.4. The van der Waals surface area contributed by atoms with E-state index < -0.39 is 16.9 Å². The predicted octanol–water partition coefficient (Wildman–Crippen LogP) is 4.85. The average molecular weight is 621 g/mol. The van der Waals surface area contributed by atoms with Gasteiger partial charge in [0.15, 0.2) is 5.78 Å². The Bertz CT molecular complexity index is 1430. The van der Waals surface area contributed by atoms with Gasteiger partial charge >= 0.3 is 0 Å². The highest BCUT2D eigenvalue weighted by Crippen LogP contribution is 2.27. The fraction of sp³-hybridized carbons (Fsp3) is 0.455. The zero-order valence-corrected chi connectivity index (χ0v) is 26.4. The Morgan fingerprint density at radius 2 is 1.78 bits per heavy atom. The van der Waals surface area contributed by atoms with Crippen molar-refractivity contribution < 1.29 is 24.4 Å². The van der Waals surface area contributed by atoms with Crippen LogP contribution in [0.5, 0.6) is 5.75 Å². The van der Waals surface area contributed by atoms with Crippen LogP contribution < -0.4 is 10.6 Å². The summed E-state index contributed by atoms with van der Waals surface area (Å²) in [6.07, 6.45) is 2.32. The number of benzene rings is 2. The number of carbonyl (C=O) groups excluding carboxylic acids is 3. The van der Waals surface area contributed by atoms with Crippen molar-refractivity contribution in [2.75, 3.05) is 19.6 Å². The molecule has 12 nitrogen and oxygen atoms in total. The molecule has 4 rings (SSSR count). The second kappa shape index (κ2) is 17.0. The van der Waals surface area contributed by atoms with E-state index >= 15 is 0 Å². The lowest BCUT2D eigenvalue weighted by Gasteiger charge is -2.32. The number of H-pyrrole nitrogens is 1. The van der Waals surface area contributed by atoms with Gasteiger partial charge in [-0.15, -0.1) is 0 Å². The van der Waals surface area contributed by atoms with Crippen molar-refractivity contribution in [3.63, 3.8) is 0 Å². The molecular weight excluding hydrogens is 576 g/mol. The Morgan fingerprint density at radius 3 is 2.40 bits per heavy atom. The first-order valence-electron chi connectivity index (χ1n) is 15.5. The van der Waals surface area contributed by atoms with Crippen LogP contribution in [-0.4, -0.2) is 68.4 Å². The number of phenolic OH excluding ortho intramolecular Hbond substituents is 1. The first-order valence-corrected chi connectivity index (χ1v) is 15.5. The number of aromatic amines is 1. The first-order chi connectivity index (χ1) is 21.6. The first kappa shape index (κ1) is 34.9. The van der Waals surface area contributed by atoms with Crippen molar-refractivity contribution in [3.05, 3.63) is 76.0 Å². The summed E-state index contributed by atoms with van der Waals surface area (Å²) < 4.78 is 0. The van der Waals surface area contributed by atoms with Crippen LogP contribution in [0.3, 0.4) is 0 Å². The highest BCUT2D eigenvalue weighted by Gasteiger charge is 2.29. The Balaban J connectivity index is 0.00000271. The van der Waals surface area contributed by atoms with Gasteiger partial charge in [0.2, 0.25) is 5.91 Å². The van der Waals surface area contributed by atoms with E-state index in [1.807, 2.05) is 27.7 Å². The van der Waals surface area contributed by atoms with E-state index in [2.05, 4.69) is 25.7 Å². The molecule has 1 saturated heterocycles. The summed E-state index contributed by atoms with van der Waals surface area (Å²) in [4.78, 5) is 52.0. The number of nitro benzene ring substituents is 1. The number of amides is 2. The highest BCUT2D eigenvalue weighted by atomic mass is 16.6. The van der Waals surface area contributed by atoms with Gasteiger partial charge in [0.25, 0.3) is 11.6 Å². The number of aromatic hydroxyl groups is 1. The fourth-order valence-electron chi connectivity index (χ4n) is 5.06. The molecule has 4 N–H and O–H groups in total. The van der Waals surface area contributed by atoms with E-state index in [1.165, 1.54) is 24.3 Å². The van der Waals surface area contributed by atoms with Crippen LogP contribution in [0.4, 0.5) is 5.69 Å². The molecule has 12 heteroatoms. The van der Waals surface area contributed by atoms with Crippen molar-refractivity contribution in [1.29, 1.82) is 0 Å². The summed E-state index contributed by atoms with van der Waals surface area (Å²) in [5.41, 5.74) is 2.06. The third-order valence-electron chi connectivity index (χ3n) is 7.93. The number of ketones is 1. The minimum atomic E-state index is -0.871. The third kappa shape index (κ3) is 9.97. The Labute approximate surface area is 263 Å². The number of carbonyl (C=O) groups is 3. The van der Waals surface area contributed by atoms with Gasteiger partial charge in [-0.25, -0.2) is 0 Å². The maximum Gasteiger partial charge on any atom is 0.269 e. The molecule has 1 aliphatic heterocycles. The number of Topliss-reactive ketones (excluding diaryl/α,β-unsaturated/α-hetero) is 1. The van der Waals surface area contributed by atoms with Gasteiger partial charge in [0.1, 0.15) is 17.5 Å². The van der Waals surface area contributed by atoms with Gasteiger partial charge in [0, 0.05) is 43.1 Å². The van der Waals surface area contributed by atoms with Crippen LogP contribution in [-0.2, 0) is 16.1 Å². The average Bonchev–Trinajstić information content (AvgIpc) is 3.54. The topological polar surface area (TPSA) is 171 Å². The standard InChI is InChI=1S/C31H38N6O6.C2H6/c1-3-20(2)16-29(39)27(18-32-31(41)26-17-25(34-35-26)24-6-4-5-7-28(24)38)33-30(40)22-12-14-36(15-13-22)19-21-8-10-23(11-9-21)37(42)43;1-2/h4-11,17,20,22,27,38H,3,12-16,18-19H2,1-2H3,(H,32,41)(H,33,40)(H,34,35);1-2H3. The second-order valence-electron chi connectivity index (χ2n) is 11.1. The van der Waals surface area contributed by atoms with Crippen LogP contribution in [0.25, 0.3) is 11.3 Å². The van der Waals surface area contributed by atoms with Crippen molar-refractivity contribution in [1.82, 2.24) is 25.7 Å². The lowest BCUT2D eigenvalue weighted by molar-refractivity contribution is -0.384. The predicted molar refractivity (Wildman–Crippen MR) is 171 cm³/mol. The van der Waals surface area contributed by atoms with Gasteiger partial charge in [-0.3, -0.25) is 34.5 Å². The quantitative estimate of drug-likeness (QED) is 0.155. The number of aromatic nitrogens is 2. The molecule has 0 radical (unpaired) electrons. The van der Waals surface area contributed by atoms with Crippen LogP contribution in [0, 0.1) is 22.0 Å². The number of nitrogens with one attached hydrogen (secondary N) is 3. The summed E-state index contributed by atoms with van der Waals surface area (Å²) >= 11 is 0. The van der Waals surface area contributed by atoms with E-state index in [4.69, 9.17) is 0 Å². The largest absolute Gasteiger partial charge is 0.507 e.